The number of carbonyl (C=O) groups is 1. The van der Waals surface area contributed by atoms with Gasteiger partial charge in [0.25, 0.3) is 5.91 Å². The SMILES string of the molecule is O=C(NCCCN1CCNCC1)c1cc(-c2ccncc2)nc2ccccc12. The molecular weight excluding hydrogens is 350 g/mol. The zero-order chi connectivity index (χ0) is 19.2. The Hall–Kier alpha value is -2.83. The molecule has 0 unspecified atom stereocenters. The number of para-hydroxylation sites is 1. The molecule has 28 heavy (non-hydrogen) atoms. The summed E-state index contributed by atoms with van der Waals surface area (Å²) in [4.78, 5) is 24.1. The minimum Gasteiger partial charge on any atom is -0.352 e. The van der Waals surface area contributed by atoms with Gasteiger partial charge in [-0.2, -0.15) is 0 Å². The molecule has 0 atom stereocenters. The highest BCUT2D eigenvalue weighted by atomic mass is 16.1. The van der Waals surface area contributed by atoms with E-state index < -0.39 is 0 Å². The Labute approximate surface area is 165 Å². The van der Waals surface area contributed by atoms with Crippen molar-refractivity contribution < 1.29 is 4.79 Å². The molecule has 6 heteroatoms. The van der Waals surface area contributed by atoms with Gasteiger partial charge in [0.2, 0.25) is 0 Å². The average Bonchev–Trinajstić information content (AvgIpc) is 2.77. The molecule has 1 amide bonds. The van der Waals surface area contributed by atoms with Crippen molar-refractivity contribution in [3.05, 3.63) is 60.4 Å². The van der Waals surface area contributed by atoms with Crippen LogP contribution in [0.1, 0.15) is 16.8 Å². The third-order valence-electron chi connectivity index (χ3n) is 5.08. The van der Waals surface area contributed by atoms with Gasteiger partial charge < -0.3 is 15.5 Å². The number of carbonyl (C=O) groups excluding carboxylic acids is 1. The van der Waals surface area contributed by atoms with Crippen LogP contribution in [-0.2, 0) is 0 Å². The maximum absolute atomic E-state index is 12.9. The number of benzene rings is 1. The van der Waals surface area contributed by atoms with E-state index in [0.29, 0.717) is 12.1 Å². The fraction of sp³-hybridized carbons (Fsp3) is 0.318. The van der Waals surface area contributed by atoms with E-state index >= 15 is 0 Å². The van der Waals surface area contributed by atoms with Crippen LogP contribution in [0.2, 0.25) is 0 Å². The van der Waals surface area contributed by atoms with Gasteiger partial charge in [-0.05, 0) is 37.2 Å². The first-order valence-corrected chi connectivity index (χ1v) is 9.83. The number of aromatic nitrogens is 2. The van der Waals surface area contributed by atoms with Crippen molar-refractivity contribution in [3.63, 3.8) is 0 Å². The Kier molecular flexibility index (Phi) is 5.89. The molecule has 0 bridgehead atoms. The lowest BCUT2D eigenvalue weighted by Crippen LogP contribution is -2.44. The molecule has 1 saturated heterocycles. The molecule has 6 nitrogen and oxygen atoms in total. The van der Waals surface area contributed by atoms with E-state index in [1.165, 1.54) is 0 Å². The van der Waals surface area contributed by atoms with Crippen LogP contribution in [0.4, 0.5) is 0 Å². The van der Waals surface area contributed by atoms with Gasteiger partial charge in [-0.15, -0.1) is 0 Å². The first-order valence-electron chi connectivity index (χ1n) is 9.83. The van der Waals surface area contributed by atoms with Crippen molar-refractivity contribution in [1.82, 2.24) is 25.5 Å². The summed E-state index contributed by atoms with van der Waals surface area (Å²) in [5, 5.41) is 7.32. The van der Waals surface area contributed by atoms with Gasteiger partial charge in [0, 0.05) is 56.1 Å². The van der Waals surface area contributed by atoms with Gasteiger partial charge in [-0.25, -0.2) is 4.98 Å². The summed E-state index contributed by atoms with van der Waals surface area (Å²) in [6, 6.07) is 13.5. The Balaban J connectivity index is 1.49. The van der Waals surface area contributed by atoms with Crippen molar-refractivity contribution in [2.24, 2.45) is 0 Å². The number of hydrogen-bond acceptors (Lipinski definition) is 5. The highest BCUT2D eigenvalue weighted by Crippen LogP contribution is 2.24. The van der Waals surface area contributed by atoms with E-state index in [1.54, 1.807) is 12.4 Å². The summed E-state index contributed by atoms with van der Waals surface area (Å²) in [5.41, 5.74) is 3.22. The molecule has 4 rings (SSSR count). The average molecular weight is 375 g/mol. The van der Waals surface area contributed by atoms with Gasteiger partial charge in [-0.3, -0.25) is 9.78 Å². The molecule has 144 valence electrons. The number of amides is 1. The fourth-order valence-corrected chi connectivity index (χ4v) is 3.57. The number of piperazine rings is 1. The van der Waals surface area contributed by atoms with Crippen LogP contribution in [0.3, 0.4) is 0 Å². The minimum absolute atomic E-state index is 0.0470. The molecule has 1 fully saturated rings. The lowest BCUT2D eigenvalue weighted by molar-refractivity contribution is 0.0953. The Morgan fingerprint density at radius 1 is 1.11 bits per heavy atom. The van der Waals surface area contributed by atoms with E-state index in [4.69, 9.17) is 4.98 Å². The number of nitrogens with zero attached hydrogens (tertiary/aromatic N) is 3. The quantitative estimate of drug-likeness (QED) is 0.647. The molecular formula is C22H25N5O. The maximum atomic E-state index is 12.9. The van der Waals surface area contributed by atoms with Crippen LogP contribution >= 0.6 is 0 Å². The van der Waals surface area contributed by atoms with Crippen LogP contribution in [-0.4, -0.2) is 60.0 Å². The van der Waals surface area contributed by atoms with Gasteiger partial charge in [0.1, 0.15) is 0 Å². The Morgan fingerprint density at radius 2 is 1.89 bits per heavy atom. The zero-order valence-corrected chi connectivity index (χ0v) is 15.9. The topological polar surface area (TPSA) is 70.2 Å². The number of hydrogen-bond donors (Lipinski definition) is 2. The van der Waals surface area contributed by atoms with Crippen LogP contribution in [0.15, 0.2) is 54.9 Å². The maximum Gasteiger partial charge on any atom is 0.252 e. The van der Waals surface area contributed by atoms with Gasteiger partial charge >= 0.3 is 0 Å². The summed E-state index contributed by atoms with van der Waals surface area (Å²) in [7, 11) is 0. The van der Waals surface area contributed by atoms with E-state index in [2.05, 4.69) is 20.5 Å². The lowest BCUT2D eigenvalue weighted by Gasteiger charge is -2.27. The number of fused-ring (bicyclic) bond motifs is 1. The van der Waals surface area contributed by atoms with Crippen LogP contribution in [0, 0.1) is 0 Å². The monoisotopic (exact) mass is 375 g/mol. The number of pyridine rings is 2. The molecule has 3 heterocycles. The number of nitrogens with one attached hydrogen (secondary N) is 2. The summed E-state index contributed by atoms with van der Waals surface area (Å²) >= 11 is 0. The fourth-order valence-electron chi connectivity index (χ4n) is 3.57. The standard InChI is InChI=1S/C22H25N5O/c28-22(25-8-3-13-27-14-11-24-12-15-27)19-16-21(17-6-9-23-10-7-17)26-20-5-2-1-4-18(19)20/h1-2,4-7,9-10,16,24H,3,8,11-15H2,(H,25,28). The van der Waals surface area contributed by atoms with E-state index in [9.17, 15) is 4.79 Å². The summed E-state index contributed by atoms with van der Waals surface area (Å²) in [6.45, 7) is 5.95. The predicted molar refractivity (Wildman–Crippen MR) is 111 cm³/mol. The molecule has 2 aromatic heterocycles. The van der Waals surface area contributed by atoms with Gasteiger partial charge in [0.05, 0.1) is 16.8 Å². The van der Waals surface area contributed by atoms with Crippen LogP contribution < -0.4 is 10.6 Å². The first-order chi connectivity index (χ1) is 13.8. The van der Waals surface area contributed by atoms with Gasteiger partial charge in [-0.1, -0.05) is 18.2 Å². The molecule has 0 radical (unpaired) electrons. The predicted octanol–water partition coefficient (Wildman–Crippen LogP) is 2.32. The van der Waals surface area contributed by atoms with E-state index in [1.807, 2.05) is 42.5 Å². The Bertz CT molecular complexity index is 938. The van der Waals surface area contributed by atoms with Crippen LogP contribution in [0.5, 0.6) is 0 Å². The van der Waals surface area contributed by atoms with Crippen LogP contribution in [0.25, 0.3) is 22.2 Å². The zero-order valence-electron chi connectivity index (χ0n) is 15.9. The highest BCUT2D eigenvalue weighted by molar-refractivity contribution is 6.07. The molecule has 1 aliphatic heterocycles. The van der Waals surface area contributed by atoms with Crippen molar-refractivity contribution in [2.75, 3.05) is 39.3 Å². The second-order valence-corrected chi connectivity index (χ2v) is 7.01. The minimum atomic E-state index is -0.0470. The Morgan fingerprint density at radius 3 is 2.71 bits per heavy atom. The van der Waals surface area contributed by atoms with Crippen molar-refractivity contribution in [2.45, 2.75) is 6.42 Å². The van der Waals surface area contributed by atoms with Crippen molar-refractivity contribution in [3.8, 4) is 11.3 Å². The first kappa shape index (κ1) is 18.5. The smallest absolute Gasteiger partial charge is 0.252 e. The van der Waals surface area contributed by atoms with Crippen molar-refractivity contribution in [1.29, 1.82) is 0 Å². The van der Waals surface area contributed by atoms with Gasteiger partial charge in [0.15, 0.2) is 0 Å². The molecule has 0 aliphatic carbocycles. The molecule has 3 aromatic rings. The van der Waals surface area contributed by atoms with E-state index in [0.717, 1.165) is 61.3 Å². The highest BCUT2D eigenvalue weighted by Gasteiger charge is 2.14. The lowest BCUT2D eigenvalue weighted by atomic mass is 10.0. The molecule has 1 aliphatic rings. The molecule has 2 N–H and O–H groups in total. The summed E-state index contributed by atoms with van der Waals surface area (Å²) in [5.74, 6) is -0.0470. The molecule has 0 spiro atoms. The summed E-state index contributed by atoms with van der Waals surface area (Å²) in [6.07, 6.45) is 4.43. The third-order valence-corrected chi connectivity index (χ3v) is 5.08. The molecule has 0 saturated carbocycles. The second kappa shape index (κ2) is 8.91. The van der Waals surface area contributed by atoms with E-state index in [-0.39, 0.29) is 5.91 Å². The molecule has 1 aromatic carbocycles. The number of rotatable bonds is 6. The summed E-state index contributed by atoms with van der Waals surface area (Å²) < 4.78 is 0. The largest absolute Gasteiger partial charge is 0.352 e. The third kappa shape index (κ3) is 4.35. The normalized spacial score (nSPS) is 14.9. The second-order valence-electron chi connectivity index (χ2n) is 7.01. The van der Waals surface area contributed by atoms with Crippen molar-refractivity contribution >= 4 is 16.8 Å².